The van der Waals surface area contributed by atoms with Crippen molar-refractivity contribution >= 4 is 38.5 Å². The Bertz CT molecular complexity index is 937. The van der Waals surface area contributed by atoms with Crippen LogP contribution >= 0.6 is 22.7 Å². The molecule has 1 N–H and O–H groups in total. The molecular formula is C15H14N4O2S3. The van der Waals surface area contributed by atoms with Crippen LogP contribution in [0, 0.1) is 0 Å². The first-order chi connectivity index (χ1) is 11.6. The van der Waals surface area contributed by atoms with Crippen LogP contribution in [0.5, 0.6) is 0 Å². The van der Waals surface area contributed by atoms with Crippen LogP contribution in [0.25, 0.3) is 21.8 Å². The van der Waals surface area contributed by atoms with E-state index in [4.69, 9.17) is 0 Å². The fraction of sp³-hybridized carbons (Fsp3) is 0.267. The van der Waals surface area contributed by atoms with Gasteiger partial charge in [-0.15, -0.1) is 11.3 Å². The molecule has 1 atom stereocenters. The van der Waals surface area contributed by atoms with Gasteiger partial charge in [0.25, 0.3) is 0 Å². The van der Waals surface area contributed by atoms with Gasteiger partial charge in [0, 0.05) is 29.4 Å². The predicted molar refractivity (Wildman–Crippen MR) is 97.1 cm³/mol. The first-order valence-electron chi connectivity index (χ1n) is 7.37. The fourth-order valence-corrected chi connectivity index (χ4v) is 5.64. The van der Waals surface area contributed by atoms with Crippen LogP contribution in [-0.4, -0.2) is 40.9 Å². The van der Waals surface area contributed by atoms with E-state index in [9.17, 15) is 8.42 Å². The largest absolute Gasteiger partial charge is 0.350 e. The van der Waals surface area contributed by atoms with Crippen molar-refractivity contribution in [2.75, 3.05) is 16.8 Å². The summed E-state index contributed by atoms with van der Waals surface area (Å²) < 4.78 is 23.2. The Labute approximate surface area is 147 Å². The zero-order valence-corrected chi connectivity index (χ0v) is 15.0. The van der Waals surface area contributed by atoms with Crippen molar-refractivity contribution in [3.63, 3.8) is 0 Å². The Hall–Kier alpha value is -1.84. The molecule has 4 rings (SSSR count). The Morgan fingerprint density at radius 2 is 2.17 bits per heavy atom. The van der Waals surface area contributed by atoms with E-state index in [-0.39, 0.29) is 17.5 Å². The van der Waals surface area contributed by atoms with Crippen molar-refractivity contribution in [1.29, 1.82) is 0 Å². The number of thiazole rings is 1. The molecule has 24 heavy (non-hydrogen) atoms. The molecule has 0 bridgehead atoms. The summed E-state index contributed by atoms with van der Waals surface area (Å²) in [7, 11) is -2.94. The number of nitrogens with zero attached hydrogens (tertiary/aromatic N) is 3. The molecule has 1 saturated heterocycles. The highest BCUT2D eigenvalue weighted by molar-refractivity contribution is 7.91. The molecule has 3 aromatic rings. The van der Waals surface area contributed by atoms with Gasteiger partial charge in [-0.25, -0.2) is 23.4 Å². The van der Waals surface area contributed by atoms with Gasteiger partial charge >= 0.3 is 0 Å². The Morgan fingerprint density at radius 1 is 1.25 bits per heavy atom. The van der Waals surface area contributed by atoms with Crippen LogP contribution in [0.2, 0.25) is 0 Å². The summed E-state index contributed by atoms with van der Waals surface area (Å²) in [4.78, 5) is 13.4. The molecule has 9 heteroatoms. The van der Waals surface area contributed by atoms with E-state index in [1.54, 1.807) is 23.7 Å². The second-order valence-electron chi connectivity index (χ2n) is 5.55. The molecule has 0 spiro atoms. The maximum atomic E-state index is 11.6. The van der Waals surface area contributed by atoms with Crippen molar-refractivity contribution in [3.05, 3.63) is 34.6 Å². The average molecular weight is 379 g/mol. The average Bonchev–Trinajstić information content (AvgIpc) is 3.29. The minimum absolute atomic E-state index is 0.133. The van der Waals surface area contributed by atoms with Gasteiger partial charge in [-0.2, -0.15) is 11.3 Å². The van der Waals surface area contributed by atoms with Crippen LogP contribution < -0.4 is 5.32 Å². The summed E-state index contributed by atoms with van der Waals surface area (Å²) in [5, 5.41) is 9.94. The molecule has 1 aliphatic rings. The molecule has 0 amide bonds. The van der Waals surface area contributed by atoms with Gasteiger partial charge in [0.1, 0.15) is 10.7 Å². The molecule has 0 unspecified atom stereocenters. The molecule has 124 valence electrons. The standard InChI is InChI=1S/C15H14N4O2S3/c20-24(21)6-2-11(9-24)18-15-17-7-12(10-1-4-22-8-10)13(19-15)14-16-3-5-23-14/h1,3-5,7-8,11H,2,6,9H2,(H,17,18,19)/t11-/m0/s1. The third kappa shape index (κ3) is 3.19. The Kier molecular flexibility index (Phi) is 4.07. The topological polar surface area (TPSA) is 84.8 Å². The lowest BCUT2D eigenvalue weighted by atomic mass is 10.1. The minimum atomic E-state index is -2.94. The van der Waals surface area contributed by atoms with Gasteiger partial charge in [-0.1, -0.05) is 0 Å². The van der Waals surface area contributed by atoms with Gasteiger partial charge in [0.2, 0.25) is 5.95 Å². The maximum absolute atomic E-state index is 11.6. The summed E-state index contributed by atoms with van der Waals surface area (Å²) in [5.41, 5.74) is 2.75. The van der Waals surface area contributed by atoms with Gasteiger partial charge in [-0.05, 0) is 28.8 Å². The zero-order chi connectivity index (χ0) is 16.6. The van der Waals surface area contributed by atoms with E-state index in [1.165, 1.54) is 11.3 Å². The SMILES string of the molecule is O=S1(=O)CC[C@H](Nc2ncc(-c3ccsc3)c(-c3nccs3)n2)C1. The van der Waals surface area contributed by atoms with E-state index >= 15 is 0 Å². The number of hydrogen-bond donors (Lipinski definition) is 1. The molecule has 4 heterocycles. The predicted octanol–water partition coefficient (Wildman–Crippen LogP) is 2.93. The van der Waals surface area contributed by atoms with E-state index < -0.39 is 9.84 Å². The van der Waals surface area contributed by atoms with Crippen molar-refractivity contribution in [3.8, 4) is 21.8 Å². The molecular weight excluding hydrogens is 364 g/mol. The lowest BCUT2D eigenvalue weighted by Gasteiger charge is -2.12. The summed E-state index contributed by atoms with van der Waals surface area (Å²) in [6.07, 6.45) is 4.11. The monoisotopic (exact) mass is 378 g/mol. The highest BCUT2D eigenvalue weighted by Gasteiger charge is 2.28. The lowest BCUT2D eigenvalue weighted by Crippen LogP contribution is -2.22. The number of hydrogen-bond acceptors (Lipinski definition) is 8. The van der Waals surface area contributed by atoms with Crippen molar-refractivity contribution in [1.82, 2.24) is 15.0 Å². The highest BCUT2D eigenvalue weighted by Crippen LogP contribution is 2.33. The summed E-state index contributed by atoms with van der Waals surface area (Å²) in [5.74, 6) is 0.799. The molecule has 6 nitrogen and oxygen atoms in total. The number of aromatic nitrogens is 3. The van der Waals surface area contributed by atoms with Gasteiger partial charge in [-0.3, -0.25) is 0 Å². The summed E-state index contributed by atoms with van der Waals surface area (Å²) in [6.45, 7) is 0. The molecule has 1 fully saturated rings. The van der Waals surface area contributed by atoms with E-state index in [0.717, 1.165) is 21.8 Å². The highest BCUT2D eigenvalue weighted by atomic mass is 32.2. The molecule has 1 aliphatic heterocycles. The van der Waals surface area contributed by atoms with Crippen LogP contribution in [-0.2, 0) is 9.84 Å². The molecule has 0 aromatic carbocycles. The van der Waals surface area contributed by atoms with Crippen LogP contribution in [0.4, 0.5) is 5.95 Å². The number of sulfone groups is 1. The molecule has 3 aromatic heterocycles. The van der Waals surface area contributed by atoms with E-state index in [1.807, 2.05) is 22.2 Å². The fourth-order valence-electron chi connectivity index (χ4n) is 2.68. The molecule has 0 aliphatic carbocycles. The van der Waals surface area contributed by atoms with E-state index in [0.29, 0.717) is 12.4 Å². The quantitative estimate of drug-likeness (QED) is 0.751. The van der Waals surface area contributed by atoms with Crippen molar-refractivity contribution < 1.29 is 8.42 Å². The first-order valence-corrected chi connectivity index (χ1v) is 11.0. The number of anilines is 1. The van der Waals surface area contributed by atoms with Gasteiger partial charge in [0.05, 0.1) is 11.5 Å². The van der Waals surface area contributed by atoms with Crippen LogP contribution in [0.3, 0.4) is 0 Å². The Morgan fingerprint density at radius 3 is 2.83 bits per heavy atom. The van der Waals surface area contributed by atoms with Crippen molar-refractivity contribution in [2.45, 2.75) is 12.5 Å². The third-order valence-corrected chi connectivity index (χ3v) is 7.05. The molecule has 0 radical (unpaired) electrons. The minimum Gasteiger partial charge on any atom is -0.350 e. The van der Waals surface area contributed by atoms with E-state index in [2.05, 4.69) is 20.3 Å². The number of rotatable bonds is 4. The molecule has 0 saturated carbocycles. The Balaban J connectivity index is 1.69. The lowest BCUT2D eigenvalue weighted by molar-refractivity contribution is 0.602. The normalized spacial score (nSPS) is 19.4. The third-order valence-electron chi connectivity index (χ3n) is 3.82. The number of thiophene rings is 1. The summed E-state index contributed by atoms with van der Waals surface area (Å²) >= 11 is 3.13. The van der Waals surface area contributed by atoms with Crippen LogP contribution in [0.15, 0.2) is 34.6 Å². The van der Waals surface area contributed by atoms with Gasteiger partial charge in [0.15, 0.2) is 9.84 Å². The smallest absolute Gasteiger partial charge is 0.223 e. The second kappa shape index (κ2) is 6.23. The zero-order valence-electron chi connectivity index (χ0n) is 12.5. The number of nitrogens with one attached hydrogen (secondary N) is 1. The second-order valence-corrected chi connectivity index (χ2v) is 9.45. The van der Waals surface area contributed by atoms with Crippen LogP contribution in [0.1, 0.15) is 6.42 Å². The maximum Gasteiger partial charge on any atom is 0.223 e. The van der Waals surface area contributed by atoms with Gasteiger partial charge < -0.3 is 5.32 Å². The first kappa shape index (κ1) is 15.7. The summed E-state index contributed by atoms with van der Waals surface area (Å²) in [6, 6.07) is 1.89. The van der Waals surface area contributed by atoms with Crippen molar-refractivity contribution in [2.24, 2.45) is 0 Å².